The van der Waals surface area contributed by atoms with Crippen molar-refractivity contribution in [3.63, 3.8) is 0 Å². The van der Waals surface area contributed by atoms with Gasteiger partial charge in [-0.25, -0.2) is 0 Å². The van der Waals surface area contributed by atoms with E-state index >= 15 is 0 Å². The van der Waals surface area contributed by atoms with Crippen molar-refractivity contribution in [3.8, 4) is 0 Å². The Morgan fingerprint density at radius 3 is 2.46 bits per heavy atom. The van der Waals surface area contributed by atoms with Gasteiger partial charge < -0.3 is 4.90 Å². The number of benzene rings is 3. The third-order valence-corrected chi connectivity index (χ3v) is 5.43. The zero-order valence-corrected chi connectivity index (χ0v) is 15.8. The van der Waals surface area contributed by atoms with E-state index in [-0.39, 0.29) is 0 Å². The highest BCUT2D eigenvalue weighted by molar-refractivity contribution is 8.14. The molecule has 1 heterocycles. The van der Waals surface area contributed by atoms with Crippen LogP contribution in [0.15, 0.2) is 77.9 Å². The molecule has 0 atom stereocenters. The molecule has 4 heteroatoms. The van der Waals surface area contributed by atoms with Crippen molar-refractivity contribution < 1.29 is 0 Å². The fourth-order valence-electron chi connectivity index (χ4n) is 3.19. The van der Waals surface area contributed by atoms with E-state index in [2.05, 4.69) is 71.7 Å². The van der Waals surface area contributed by atoms with Crippen molar-refractivity contribution in [1.82, 2.24) is 0 Å². The van der Waals surface area contributed by atoms with Gasteiger partial charge in [0.05, 0.1) is 17.3 Å². The first kappa shape index (κ1) is 16.7. The van der Waals surface area contributed by atoms with Crippen molar-refractivity contribution >= 4 is 33.9 Å². The molecule has 1 aliphatic heterocycles. The van der Waals surface area contributed by atoms with Crippen LogP contribution in [0.3, 0.4) is 0 Å². The maximum absolute atomic E-state index is 4.66. The number of nitrogens with one attached hydrogen (secondary N) is 1. The summed E-state index contributed by atoms with van der Waals surface area (Å²) in [5, 5.41) is 5.68. The van der Waals surface area contributed by atoms with Crippen LogP contribution >= 0.6 is 11.8 Å². The molecule has 0 aromatic heterocycles. The number of hydrogen-bond acceptors (Lipinski definition) is 4. The Morgan fingerprint density at radius 2 is 1.65 bits per heavy atom. The molecule has 3 aromatic carbocycles. The molecule has 3 nitrogen and oxygen atoms in total. The van der Waals surface area contributed by atoms with Crippen LogP contribution in [0.4, 0.5) is 17.1 Å². The molecule has 4 rings (SSSR count). The highest BCUT2D eigenvalue weighted by Crippen LogP contribution is 2.38. The minimum atomic E-state index is 0.843. The van der Waals surface area contributed by atoms with Gasteiger partial charge in [-0.3, -0.25) is 5.43 Å². The number of rotatable bonds is 3. The maximum Gasteiger partial charge on any atom is 0.127 e. The predicted octanol–water partition coefficient (Wildman–Crippen LogP) is 5.92. The average Bonchev–Trinajstić information content (AvgIpc) is 2.67. The van der Waals surface area contributed by atoms with Gasteiger partial charge in [0.15, 0.2) is 0 Å². The highest BCUT2D eigenvalue weighted by Gasteiger charge is 2.24. The molecule has 3 aromatic rings. The van der Waals surface area contributed by atoms with Gasteiger partial charge in [-0.2, -0.15) is 5.10 Å². The summed E-state index contributed by atoms with van der Waals surface area (Å²) in [4.78, 5) is 2.37. The Balaban J connectivity index is 1.69. The molecule has 0 fully saturated rings. The third-order valence-electron chi connectivity index (χ3n) is 4.46. The maximum atomic E-state index is 4.66. The Hall–Kier alpha value is -2.72. The minimum Gasteiger partial charge on any atom is -0.330 e. The molecular weight excluding hydrogens is 338 g/mol. The lowest BCUT2D eigenvalue weighted by Crippen LogP contribution is -2.25. The van der Waals surface area contributed by atoms with Crippen LogP contribution in [-0.2, 0) is 0 Å². The molecule has 26 heavy (non-hydrogen) atoms. The molecular formula is C22H21N3S. The fourth-order valence-corrected chi connectivity index (χ4v) is 4.16. The zero-order valence-electron chi connectivity index (χ0n) is 14.9. The molecule has 130 valence electrons. The summed E-state index contributed by atoms with van der Waals surface area (Å²) in [6, 6.07) is 25.2. The van der Waals surface area contributed by atoms with E-state index in [9.17, 15) is 0 Å². The number of nitrogens with zero attached hydrogens (tertiary/aromatic N) is 2. The number of aryl methyl sites for hydroxylation is 2. The van der Waals surface area contributed by atoms with Gasteiger partial charge in [0.1, 0.15) is 5.04 Å². The molecule has 0 amide bonds. The van der Waals surface area contributed by atoms with Crippen molar-refractivity contribution in [2.45, 2.75) is 13.8 Å². The Bertz CT molecular complexity index is 951. The van der Waals surface area contributed by atoms with E-state index in [4.69, 9.17) is 0 Å². The molecule has 0 saturated heterocycles. The summed E-state index contributed by atoms with van der Waals surface area (Å²) >= 11 is 1.75. The molecule has 0 radical (unpaired) electrons. The lowest BCUT2D eigenvalue weighted by molar-refractivity contribution is 1.14. The first-order valence-electron chi connectivity index (χ1n) is 8.68. The van der Waals surface area contributed by atoms with E-state index in [1.165, 1.54) is 22.5 Å². The van der Waals surface area contributed by atoms with Gasteiger partial charge in [-0.05, 0) is 43.7 Å². The smallest absolute Gasteiger partial charge is 0.127 e. The van der Waals surface area contributed by atoms with Crippen molar-refractivity contribution in [3.05, 3.63) is 89.5 Å². The van der Waals surface area contributed by atoms with E-state index in [0.29, 0.717) is 0 Å². The van der Waals surface area contributed by atoms with Gasteiger partial charge >= 0.3 is 0 Å². The van der Waals surface area contributed by atoms with E-state index in [1.807, 2.05) is 30.3 Å². The SMILES string of the molecule is Cc1ccc(N2CS/C(=N/Nc3ccccc3)c3ccccc32)c(C)c1. The minimum absolute atomic E-state index is 0.843. The molecule has 0 bridgehead atoms. The van der Waals surface area contributed by atoms with Gasteiger partial charge in [0, 0.05) is 11.3 Å². The summed E-state index contributed by atoms with van der Waals surface area (Å²) in [7, 11) is 0. The van der Waals surface area contributed by atoms with Crippen LogP contribution in [0.2, 0.25) is 0 Å². The topological polar surface area (TPSA) is 27.6 Å². The molecule has 1 N–H and O–H groups in total. The van der Waals surface area contributed by atoms with Gasteiger partial charge in [0.25, 0.3) is 0 Å². The summed E-state index contributed by atoms with van der Waals surface area (Å²) in [5.41, 5.74) is 10.4. The normalized spacial score (nSPS) is 15.0. The Morgan fingerprint density at radius 1 is 0.885 bits per heavy atom. The first-order valence-corrected chi connectivity index (χ1v) is 9.67. The Kier molecular flexibility index (Phi) is 4.67. The highest BCUT2D eigenvalue weighted by atomic mass is 32.2. The summed E-state index contributed by atoms with van der Waals surface area (Å²) in [6.45, 7) is 4.31. The summed E-state index contributed by atoms with van der Waals surface area (Å²) in [5.74, 6) is 0.843. The molecule has 0 aliphatic carbocycles. The molecule has 0 spiro atoms. The van der Waals surface area contributed by atoms with Gasteiger partial charge in [-0.1, -0.05) is 65.9 Å². The largest absolute Gasteiger partial charge is 0.330 e. The number of fused-ring (bicyclic) bond motifs is 1. The predicted molar refractivity (Wildman–Crippen MR) is 114 cm³/mol. The van der Waals surface area contributed by atoms with Crippen LogP contribution in [0.5, 0.6) is 0 Å². The number of anilines is 3. The fraction of sp³-hybridized carbons (Fsp3) is 0.136. The third kappa shape index (κ3) is 3.33. The second-order valence-electron chi connectivity index (χ2n) is 6.40. The lowest BCUT2D eigenvalue weighted by atomic mass is 10.1. The number of para-hydroxylation sites is 2. The average molecular weight is 359 g/mol. The molecule has 1 aliphatic rings. The Labute approximate surface area is 158 Å². The van der Waals surface area contributed by atoms with Crippen LogP contribution < -0.4 is 10.3 Å². The standard InChI is InChI=1S/C22H21N3S/c1-16-12-13-20(17(2)14-16)25-15-26-22(19-10-6-7-11-21(19)25)24-23-18-8-4-3-5-9-18/h3-14,23H,15H2,1-2H3/b24-22+. The summed E-state index contributed by atoms with van der Waals surface area (Å²) < 4.78 is 0. The quantitative estimate of drug-likeness (QED) is 0.588. The van der Waals surface area contributed by atoms with Crippen molar-refractivity contribution in [2.75, 3.05) is 16.2 Å². The van der Waals surface area contributed by atoms with Gasteiger partial charge in [-0.15, -0.1) is 0 Å². The molecule has 0 saturated carbocycles. The van der Waals surface area contributed by atoms with Crippen LogP contribution in [-0.4, -0.2) is 10.9 Å². The van der Waals surface area contributed by atoms with E-state index in [1.54, 1.807) is 11.8 Å². The van der Waals surface area contributed by atoms with E-state index in [0.717, 1.165) is 22.2 Å². The van der Waals surface area contributed by atoms with Gasteiger partial charge in [0.2, 0.25) is 0 Å². The van der Waals surface area contributed by atoms with Crippen LogP contribution in [0.25, 0.3) is 0 Å². The van der Waals surface area contributed by atoms with E-state index < -0.39 is 0 Å². The van der Waals surface area contributed by atoms with Crippen LogP contribution in [0.1, 0.15) is 16.7 Å². The second-order valence-corrected chi connectivity index (χ2v) is 7.34. The first-order chi connectivity index (χ1) is 12.7. The number of hydrogen-bond donors (Lipinski definition) is 1. The second kappa shape index (κ2) is 7.26. The van der Waals surface area contributed by atoms with Crippen molar-refractivity contribution in [2.24, 2.45) is 5.10 Å². The number of hydrazone groups is 1. The lowest BCUT2D eigenvalue weighted by Gasteiger charge is -2.32. The van der Waals surface area contributed by atoms with Crippen molar-refractivity contribution in [1.29, 1.82) is 0 Å². The monoisotopic (exact) mass is 359 g/mol. The molecule has 0 unspecified atom stereocenters. The summed E-state index contributed by atoms with van der Waals surface area (Å²) in [6.07, 6.45) is 0. The zero-order chi connectivity index (χ0) is 17.9. The number of thioether (sulfide) groups is 1. The van der Waals surface area contributed by atoms with Crippen LogP contribution in [0, 0.1) is 13.8 Å².